The van der Waals surface area contributed by atoms with Gasteiger partial charge in [0.2, 0.25) is 39.5 Å². The monoisotopic (exact) mass is 868 g/mol. The number of benzene rings is 3. The van der Waals surface area contributed by atoms with Crippen LogP contribution in [0.2, 0.25) is 0 Å². The van der Waals surface area contributed by atoms with E-state index in [9.17, 15) is 36.0 Å². The minimum atomic E-state index is -4.15. The number of aromatic nitrogens is 1. The molecule has 3 atom stereocenters. The first-order valence-electron chi connectivity index (χ1n) is 18.3. The smallest absolute Gasteiger partial charge is 0.264 e. The van der Waals surface area contributed by atoms with E-state index in [-0.39, 0.29) is 35.7 Å². The number of primary amides is 1. The van der Waals surface area contributed by atoms with E-state index in [1.165, 1.54) is 13.3 Å². The predicted molar refractivity (Wildman–Crippen MR) is 224 cm³/mol. The number of nitrogens with one attached hydrogen (secondary N) is 4. The Morgan fingerprint density at radius 3 is 2.05 bits per heavy atom. The molecule has 1 heterocycles. The van der Waals surface area contributed by atoms with Gasteiger partial charge < -0.3 is 26.8 Å². The number of carbonyl (C=O) groups is 4. The summed E-state index contributed by atoms with van der Waals surface area (Å²) in [4.78, 5) is 61.5. The van der Waals surface area contributed by atoms with Gasteiger partial charge in [-0.1, -0.05) is 60.7 Å². The first-order valence-corrected chi connectivity index (χ1v) is 22.3. The van der Waals surface area contributed by atoms with Crippen molar-refractivity contribution in [2.45, 2.75) is 75.2 Å². The molecule has 0 spiro atoms. The second-order valence-electron chi connectivity index (χ2n) is 13.6. The third-order valence-electron chi connectivity index (χ3n) is 9.07. The van der Waals surface area contributed by atoms with Crippen LogP contribution >= 0.6 is 11.3 Å². The number of aliphatic imine (C=N–C) groups is 1. The molecule has 3 aromatic carbocycles. The number of Topliss-reactive ketones (excluding diaryl/α,β-unsaturated/α-hetero) is 1. The minimum absolute atomic E-state index is 0.0272. The summed E-state index contributed by atoms with van der Waals surface area (Å²) in [5, 5.41) is 6.67. The molecule has 0 saturated heterocycles. The van der Waals surface area contributed by atoms with Crippen LogP contribution in [0, 0.1) is 20.8 Å². The van der Waals surface area contributed by atoms with Gasteiger partial charge in [-0.3, -0.25) is 24.2 Å². The second-order valence-corrected chi connectivity index (χ2v) is 17.9. The second kappa shape index (κ2) is 20.8. The van der Waals surface area contributed by atoms with E-state index in [2.05, 4.69) is 30.1 Å². The predicted octanol–water partition coefficient (Wildman–Crippen LogP) is 1.91. The lowest BCUT2D eigenvalue weighted by Gasteiger charge is -2.24. The summed E-state index contributed by atoms with van der Waals surface area (Å²) in [5.74, 6) is -3.70. The molecule has 17 nitrogen and oxygen atoms in total. The van der Waals surface area contributed by atoms with E-state index < -0.39 is 79.8 Å². The topological polar surface area (TPSA) is 271 Å². The number of hydrogen-bond acceptors (Lipinski definition) is 12. The van der Waals surface area contributed by atoms with Crippen molar-refractivity contribution in [1.82, 2.24) is 25.1 Å². The maximum Gasteiger partial charge on any atom is 0.264 e. The number of methoxy groups -OCH3 is 1. The Bertz CT molecular complexity index is 2360. The highest BCUT2D eigenvalue weighted by Crippen LogP contribution is 2.30. The zero-order valence-corrected chi connectivity index (χ0v) is 35.4. The Balaban J connectivity index is 1.50. The van der Waals surface area contributed by atoms with Gasteiger partial charge in [0.15, 0.2) is 5.01 Å². The normalized spacial score (nSPS) is 13.5. The molecule has 1 aromatic heterocycles. The van der Waals surface area contributed by atoms with Crippen molar-refractivity contribution in [3.05, 3.63) is 111 Å². The Morgan fingerprint density at radius 2 is 1.46 bits per heavy atom. The molecule has 0 aliphatic heterocycles. The third kappa shape index (κ3) is 13.4. The van der Waals surface area contributed by atoms with Crippen LogP contribution in [0.5, 0.6) is 5.75 Å². The number of nitrogens with two attached hydrogens (primary N) is 2. The highest BCUT2D eigenvalue weighted by Gasteiger charge is 2.33. The van der Waals surface area contributed by atoms with E-state index in [1.54, 1.807) is 92.9 Å². The Morgan fingerprint density at radius 1 is 0.847 bits per heavy atom. The summed E-state index contributed by atoms with van der Waals surface area (Å²) in [6.07, 6.45) is 0.688. The molecule has 0 aliphatic rings. The zero-order chi connectivity index (χ0) is 43.3. The van der Waals surface area contributed by atoms with Crippen LogP contribution in [-0.2, 0) is 46.6 Å². The van der Waals surface area contributed by atoms with Crippen molar-refractivity contribution in [1.29, 1.82) is 0 Å². The number of nitrogens with zero attached hydrogens (tertiary/aromatic N) is 2. The van der Waals surface area contributed by atoms with E-state index >= 15 is 0 Å². The Hall–Kier alpha value is -5.70. The van der Waals surface area contributed by atoms with Crippen LogP contribution < -0.4 is 36.3 Å². The molecule has 0 fully saturated rings. The van der Waals surface area contributed by atoms with Crippen LogP contribution in [0.25, 0.3) is 0 Å². The third-order valence-corrected chi connectivity index (χ3v) is 12.9. The van der Waals surface area contributed by atoms with Gasteiger partial charge in [-0.2, -0.15) is 0 Å². The standard InChI is InChI=1S/C39H48N8O9S3/c1-24-20-32(56-4)25(2)26(3)35(24)59(54,55)47-39(41)43-17-11-16-29(34(49)38-42-18-19-57-38)44-36(50)30(22-33(40)48)45-37(51)31(21-27-12-7-5-8-13-27)46-58(52,53)23-28-14-9-6-10-15-28/h5-10,12-15,18-20,29-31,46H,11,16-17,21-23H2,1-4H3,(H2,40,48)(H,44,50)(H,45,51)(H3,41,43,47)/t29-,30-,31+/m0/s1. The zero-order valence-electron chi connectivity index (χ0n) is 32.9. The average Bonchev–Trinajstić information content (AvgIpc) is 3.72. The molecule has 316 valence electrons. The lowest BCUT2D eigenvalue weighted by molar-refractivity contribution is -0.132. The molecule has 4 rings (SSSR count). The van der Waals surface area contributed by atoms with Crippen LogP contribution in [0.1, 0.15) is 56.9 Å². The highest BCUT2D eigenvalue weighted by molar-refractivity contribution is 7.90. The fourth-order valence-corrected chi connectivity index (χ4v) is 9.62. The number of carbonyl (C=O) groups excluding carboxylic acids is 4. The number of sulfonamides is 2. The summed E-state index contributed by atoms with van der Waals surface area (Å²) in [6.45, 7) is 4.94. The minimum Gasteiger partial charge on any atom is -0.496 e. The lowest BCUT2D eigenvalue weighted by Crippen LogP contribution is -2.57. The number of guanidine groups is 1. The van der Waals surface area contributed by atoms with Gasteiger partial charge in [0.05, 0.1) is 30.2 Å². The van der Waals surface area contributed by atoms with Crippen molar-refractivity contribution in [2.75, 3.05) is 13.7 Å². The summed E-state index contributed by atoms with van der Waals surface area (Å²) in [5.41, 5.74) is 14.1. The van der Waals surface area contributed by atoms with Gasteiger partial charge in [-0.15, -0.1) is 11.3 Å². The fourth-order valence-electron chi connectivity index (χ4n) is 6.17. The molecule has 0 radical (unpaired) electrons. The number of ether oxygens (including phenoxy) is 1. The molecule has 0 saturated carbocycles. The molecule has 20 heteroatoms. The van der Waals surface area contributed by atoms with Crippen LogP contribution in [0.15, 0.2) is 88.2 Å². The number of amides is 3. The van der Waals surface area contributed by atoms with Gasteiger partial charge in [0, 0.05) is 18.1 Å². The van der Waals surface area contributed by atoms with Crippen LogP contribution in [0.4, 0.5) is 0 Å². The number of thiazole rings is 1. The van der Waals surface area contributed by atoms with Crippen LogP contribution in [-0.4, -0.2) is 83.1 Å². The summed E-state index contributed by atoms with van der Waals surface area (Å²) in [6, 6.07) is 14.3. The van der Waals surface area contributed by atoms with E-state index in [0.29, 0.717) is 33.6 Å². The van der Waals surface area contributed by atoms with Crippen LogP contribution in [0.3, 0.4) is 0 Å². The molecular formula is C39H48N8O9S3. The largest absolute Gasteiger partial charge is 0.496 e. The van der Waals surface area contributed by atoms with Gasteiger partial charge in [0.1, 0.15) is 17.8 Å². The van der Waals surface area contributed by atoms with Crippen molar-refractivity contribution in [3.63, 3.8) is 0 Å². The Kier molecular flexibility index (Phi) is 16.2. The maximum atomic E-state index is 13.8. The van der Waals surface area contributed by atoms with Crippen molar-refractivity contribution in [2.24, 2.45) is 16.5 Å². The first-order chi connectivity index (χ1) is 27.9. The van der Waals surface area contributed by atoms with Gasteiger partial charge in [-0.25, -0.2) is 31.3 Å². The van der Waals surface area contributed by atoms with Gasteiger partial charge >= 0.3 is 0 Å². The molecule has 59 heavy (non-hydrogen) atoms. The molecule has 0 aliphatic carbocycles. The maximum absolute atomic E-state index is 13.8. The molecule has 4 aromatic rings. The van der Waals surface area contributed by atoms with Crippen molar-refractivity contribution in [3.8, 4) is 5.75 Å². The summed E-state index contributed by atoms with van der Waals surface area (Å²) in [7, 11) is -6.76. The number of hydrogen-bond donors (Lipinski definition) is 6. The first kappa shape index (κ1) is 46.0. The molecular weight excluding hydrogens is 821 g/mol. The quantitative estimate of drug-likeness (QED) is 0.0305. The van der Waals surface area contributed by atoms with E-state index in [1.807, 2.05) is 0 Å². The SMILES string of the molecule is COc1cc(C)c(S(=O)(=O)NC(N)=NCCC[C@H](NC(=O)[C@H](CC(N)=O)NC(=O)[C@@H](Cc2ccccc2)NS(=O)(=O)Cc2ccccc2)C(=O)c2nccs2)c(C)c1C. The lowest BCUT2D eigenvalue weighted by atomic mass is 10.0. The highest BCUT2D eigenvalue weighted by atomic mass is 32.2. The average molecular weight is 869 g/mol. The number of ketones is 1. The summed E-state index contributed by atoms with van der Waals surface area (Å²) < 4.78 is 63.2. The van der Waals surface area contributed by atoms with Crippen molar-refractivity contribution >= 4 is 60.8 Å². The number of aryl methyl sites for hydroxylation is 1. The Labute approximate surface area is 347 Å². The number of rotatable bonds is 21. The molecule has 0 bridgehead atoms. The molecule has 0 unspecified atom stereocenters. The summed E-state index contributed by atoms with van der Waals surface area (Å²) >= 11 is 1.03. The van der Waals surface area contributed by atoms with E-state index in [4.69, 9.17) is 16.2 Å². The van der Waals surface area contributed by atoms with E-state index in [0.717, 1.165) is 11.3 Å². The fraction of sp³-hybridized carbons (Fsp3) is 0.333. The van der Waals surface area contributed by atoms with Gasteiger partial charge in [0.25, 0.3) is 10.0 Å². The molecule has 3 amide bonds. The molecule has 8 N–H and O–H groups in total. The van der Waals surface area contributed by atoms with Crippen molar-refractivity contribution < 1.29 is 40.8 Å². The van der Waals surface area contributed by atoms with Gasteiger partial charge in [-0.05, 0) is 73.9 Å².